The predicted molar refractivity (Wildman–Crippen MR) is 89.5 cm³/mol. The van der Waals surface area contributed by atoms with Crippen LogP contribution in [0.2, 0.25) is 0 Å². The molecule has 2 heteroatoms. The van der Waals surface area contributed by atoms with E-state index in [1.807, 2.05) is 6.20 Å². The second-order valence-electron chi connectivity index (χ2n) is 6.66. The fourth-order valence-electron chi connectivity index (χ4n) is 3.90. The molecule has 1 aliphatic carbocycles. The van der Waals surface area contributed by atoms with E-state index in [0.717, 1.165) is 18.5 Å². The van der Waals surface area contributed by atoms with Crippen molar-refractivity contribution in [1.82, 2.24) is 10.3 Å². The number of rotatable bonds is 5. The first-order chi connectivity index (χ1) is 10.2. The lowest BCUT2D eigenvalue weighted by molar-refractivity contribution is 0.222. The van der Waals surface area contributed by atoms with Crippen LogP contribution in [0.4, 0.5) is 0 Å². The van der Waals surface area contributed by atoms with Crippen LogP contribution >= 0.6 is 0 Å². The van der Waals surface area contributed by atoms with Gasteiger partial charge in [-0.2, -0.15) is 0 Å². The van der Waals surface area contributed by atoms with Crippen molar-refractivity contribution in [1.29, 1.82) is 0 Å². The van der Waals surface area contributed by atoms with Gasteiger partial charge in [-0.05, 0) is 48.9 Å². The lowest BCUT2D eigenvalue weighted by Gasteiger charge is -2.35. The second kappa shape index (κ2) is 6.15. The van der Waals surface area contributed by atoms with Gasteiger partial charge in [-0.15, -0.1) is 0 Å². The van der Waals surface area contributed by atoms with Gasteiger partial charge >= 0.3 is 0 Å². The molecule has 0 aliphatic heterocycles. The number of hydrogen-bond donors (Lipinski definition) is 1. The summed E-state index contributed by atoms with van der Waals surface area (Å²) in [6.45, 7) is 5.73. The van der Waals surface area contributed by atoms with Crippen molar-refractivity contribution >= 4 is 10.9 Å². The van der Waals surface area contributed by atoms with Crippen LogP contribution < -0.4 is 5.32 Å². The molecule has 1 aliphatic rings. The van der Waals surface area contributed by atoms with Crippen molar-refractivity contribution < 1.29 is 0 Å². The average molecular weight is 282 g/mol. The summed E-state index contributed by atoms with van der Waals surface area (Å²) in [6.07, 6.45) is 8.54. The summed E-state index contributed by atoms with van der Waals surface area (Å²) in [5.74, 6) is 0. The normalized spacial score (nSPS) is 19.0. The van der Waals surface area contributed by atoms with E-state index in [9.17, 15) is 0 Å². The second-order valence-corrected chi connectivity index (χ2v) is 6.66. The van der Waals surface area contributed by atoms with E-state index in [1.54, 1.807) is 0 Å². The van der Waals surface area contributed by atoms with E-state index < -0.39 is 0 Å². The Morgan fingerprint density at radius 3 is 2.71 bits per heavy atom. The van der Waals surface area contributed by atoms with Crippen LogP contribution in [-0.2, 0) is 6.42 Å². The molecule has 0 bridgehead atoms. The Kier molecular flexibility index (Phi) is 4.25. The van der Waals surface area contributed by atoms with Gasteiger partial charge in [0.15, 0.2) is 0 Å². The molecule has 0 radical (unpaired) electrons. The quantitative estimate of drug-likeness (QED) is 0.882. The first kappa shape index (κ1) is 14.5. The highest BCUT2D eigenvalue weighted by atomic mass is 14.9. The van der Waals surface area contributed by atoms with Crippen LogP contribution in [0, 0.1) is 5.41 Å². The Labute approximate surface area is 128 Å². The zero-order chi connectivity index (χ0) is 14.7. The number of nitrogens with zero attached hydrogens (tertiary/aromatic N) is 1. The monoisotopic (exact) mass is 282 g/mol. The van der Waals surface area contributed by atoms with Crippen molar-refractivity contribution in [2.75, 3.05) is 6.54 Å². The molecule has 1 unspecified atom stereocenters. The Morgan fingerprint density at radius 2 is 1.95 bits per heavy atom. The third-order valence-electron chi connectivity index (χ3n) is 5.20. The lowest BCUT2D eigenvalue weighted by Crippen LogP contribution is -2.43. The van der Waals surface area contributed by atoms with Gasteiger partial charge in [-0.1, -0.05) is 44.9 Å². The maximum atomic E-state index is 4.49. The van der Waals surface area contributed by atoms with Crippen molar-refractivity contribution in [2.24, 2.45) is 5.41 Å². The highest BCUT2D eigenvalue weighted by Gasteiger charge is 2.36. The minimum Gasteiger partial charge on any atom is -0.313 e. The molecular formula is C19H26N2. The standard InChI is InChI=1S/C19H26N2/c1-3-20-18(19(2)11-6-7-12-19)14-15-10-13-21-17-9-5-4-8-16(15)17/h4-5,8-10,13,18,20H,3,6-7,11-12,14H2,1-2H3. The van der Waals surface area contributed by atoms with Crippen LogP contribution in [0.25, 0.3) is 10.9 Å². The zero-order valence-corrected chi connectivity index (χ0v) is 13.2. The molecule has 0 saturated heterocycles. The molecular weight excluding hydrogens is 256 g/mol. The fraction of sp³-hybridized carbons (Fsp3) is 0.526. The van der Waals surface area contributed by atoms with Crippen LogP contribution in [0.15, 0.2) is 36.5 Å². The zero-order valence-electron chi connectivity index (χ0n) is 13.2. The highest BCUT2D eigenvalue weighted by molar-refractivity contribution is 5.81. The summed E-state index contributed by atoms with van der Waals surface area (Å²) in [5, 5.41) is 5.07. The number of benzene rings is 1. The van der Waals surface area contributed by atoms with Gasteiger partial charge < -0.3 is 5.32 Å². The Morgan fingerprint density at radius 1 is 1.19 bits per heavy atom. The van der Waals surface area contributed by atoms with Crippen molar-refractivity contribution in [3.8, 4) is 0 Å². The number of para-hydroxylation sites is 1. The summed E-state index contributed by atoms with van der Waals surface area (Å²) in [6, 6.07) is 11.3. The number of nitrogens with one attached hydrogen (secondary N) is 1. The number of hydrogen-bond acceptors (Lipinski definition) is 2. The third-order valence-corrected chi connectivity index (χ3v) is 5.20. The summed E-state index contributed by atoms with van der Waals surface area (Å²) < 4.78 is 0. The minimum absolute atomic E-state index is 0.445. The molecule has 21 heavy (non-hydrogen) atoms. The molecule has 3 rings (SSSR count). The number of fused-ring (bicyclic) bond motifs is 1. The van der Waals surface area contributed by atoms with Gasteiger partial charge in [-0.25, -0.2) is 0 Å². The summed E-state index contributed by atoms with van der Waals surface area (Å²) in [4.78, 5) is 4.49. The first-order valence-electron chi connectivity index (χ1n) is 8.29. The maximum absolute atomic E-state index is 4.49. The molecule has 2 aromatic rings. The predicted octanol–water partition coefficient (Wildman–Crippen LogP) is 4.34. The SMILES string of the molecule is CCNC(Cc1ccnc2ccccc12)C1(C)CCCC1. The smallest absolute Gasteiger partial charge is 0.0704 e. The molecule has 1 aromatic heterocycles. The van der Waals surface area contributed by atoms with E-state index in [4.69, 9.17) is 0 Å². The maximum Gasteiger partial charge on any atom is 0.0704 e. The van der Waals surface area contributed by atoms with Gasteiger partial charge in [0.25, 0.3) is 0 Å². The van der Waals surface area contributed by atoms with E-state index in [-0.39, 0.29) is 0 Å². The number of aromatic nitrogens is 1. The van der Waals surface area contributed by atoms with Gasteiger partial charge in [0.1, 0.15) is 0 Å². The molecule has 1 aromatic carbocycles. The molecule has 1 atom stereocenters. The van der Waals surface area contributed by atoms with Crippen molar-refractivity contribution in [3.63, 3.8) is 0 Å². The van der Waals surface area contributed by atoms with E-state index in [0.29, 0.717) is 11.5 Å². The number of pyridine rings is 1. The summed E-state index contributed by atoms with van der Waals surface area (Å²) in [7, 11) is 0. The average Bonchev–Trinajstić information content (AvgIpc) is 2.95. The molecule has 0 spiro atoms. The van der Waals surface area contributed by atoms with Gasteiger partial charge in [0.2, 0.25) is 0 Å². The molecule has 1 fully saturated rings. The molecule has 112 valence electrons. The molecule has 0 amide bonds. The van der Waals surface area contributed by atoms with Gasteiger partial charge in [-0.3, -0.25) is 4.98 Å². The third kappa shape index (κ3) is 2.96. The van der Waals surface area contributed by atoms with Crippen LogP contribution in [0.5, 0.6) is 0 Å². The van der Waals surface area contributed by atoms with E-state index in [1.165, 1.54) is 36.6 Å². The largest absolute Gasteiger partial charge is 0.313 e. The van der Waals surface area contributed by atoms with Crippen LogP contribution in [0.3, 0.4) is 0 Å². The van der Waals surface area contributed by atoms with Gasteiger partial charge in [0.05, 0.1) is 5.52 Å². The van der Waals surface area contributed by atoms with Crippen molar-refractivity contribution in [2.45, 2.75) is 52.0 Å². The first-order valence-corrected chi connectivity index (χ1v) is 8.29. The van der Waals surface area contributed by atoms with E-state index in [2.05, 4.69) is 54.5 Å². The van der Waals surface area contributed by atoms with Crippen molar-refractivity contribution in [3.05, 3.63) is 42.1 Å². The van der Waals surface area contributed by atoms with Crippen LogP contribution in [0.1, 0.15) is 45.1 Å². The Hall–Kier alpha value is -1.41. The molecule has 1 N–H and O–H groups in total. The molecule has 1 saturated carbocycles. The molecule has 1 heterocycles. The van der Waals surface area contributed by atoms with Gasteiger partial charge in [0, 0.05) is 17.6 Å². The fourth-order valence-corrected chi connectivity index (χ4v) is 3.90. The topological polar surface area (TPSA) is 24.9 Å². The Balaban J connectivity index is 1.91. The lowest BCUT2D eigenvalue weighted by atomic mass is 9.77. The number of likely N-dealkylation sites (N-methyl/N-ethyl adjacent to an activating group) is 1. The summed E-state index contributed by atoms with van der Waals surface area (Å²) >= 11 is 0. The highest BCUT2D eigenvalue weighted by Crippen LogP contribution is 2.41. The van der Waals surface area contributed by atoms with E-state index >= 15 is 0 Å². The Bertz CT molecular complexity index is 594. The summed E-state index contributed by atoms with van der Waals surface area (Å²) in [5.41, 5.74) is 2.99. The van der Waals surface area contributed by atoms with Crippen LogP contribution in [-0.4, -0.2) is 17.6 Å². The molecule has 2 nitrogen and oxygen atoms in total. The minimum atomic E-state index is 0.445.